The average Bonchev–Trinajstić information content (AvgIpc) is 3.58. The van der Waals surface area contributed by atoms with Crippen LogP contribution in [0.3, 0.4) is 0 Å². The maximum absolute atomic E-state index is 12.9. The van der Waals surface area contributed by atoms with E-state index in [2.05, 4.69) is 15.3 Å². The number of hydrogen-bond acceptors (Lipinski definition) is 5. The van der Waals surface area contributed by atoms with Gasteiger partial charge in [-0.05, 0) is 31.4 Å². The number of benzene rings is 1. The predicted octanol–water partition coefficient (Wildman–Crippen LogP) is 1.45. The predicted molar refractivity (Wildman–Crippen MR) is 121 cm³/mol. The van der Waals surface area contributed by atoms with Crippen molar-refractivity contribution in [1.29, 1.82) is 0 Å². The molecule has 2 aliphatic heterocycles. The van der Waals surface area contributed by atoms with Gasteiger partial charge in [-0.1, -0.05) is 18.2 Å². The molecule has 1 fully saturated rings. The highest BCUT2D eigenvalue weighted by atomic mass is 16.2. The molecule has 4 heterocycles. The van der Waals surface area contributed by atoms with Crippen LogP contribution in [0.2, 0.25) is 0 Å². The van der Waals surface area contributed by atoms with Crippen molar-refractivity contribution in [3.8, 4) is 0 Å². The minimum atomic E-state index is -0.512. The second-order valence-electron chi connectivity index (χ2n) is 8.76. The Morgan fingerprint density at radius 2 is 1.94 bits per heavy atom. The molecule has 0 saturated carbocycles. The molecule has 1 spiro atoms. The van der Waals surface area contributed by atoms with Crippen LogP contribution >= 0.6 is 0 Å². The molecule has 1 atom stereocenters. The van der Waals surface area contributed by atoms with Crippen LogP contribution in [0.25, 0.3) is 0 Å². The summed E-state index contributed by atoms with van der Waals surface area (Å²) in [5.41, 5.74) is -0.113. The number of carbonyl (C=O) groups is 2. The topological polar surface area (TPSA) is 102 Å². The van der Waals surface area contributed by atoms with Crippen molar-refractivity contribution in [1.82, 2.24) is 29.3 Å². The van der Waals surface area contributed by atoms with E-state index in [-0.39, 0.29) is 16.9 Å². The van der Waals surface area contributed by atoms with Gasteiger partial charge in [0.15, 0.2) is 0 Å². The number of amides is 2. The fourth-order valence-corrected chi connectivity index (χ4v) is 4.86. The van der Waals surface area contributed by atoms with Gasteiger partial charge in [0.1, 0.15) is 11.4 Å². The number of imidazole rings is 1. The summed E-state index contributed by atoms with van der Waals surface area (Å²) in [5.74, 6) is 0.286. The first-order valence-corrected chi connectivity index (χ1v) is 11.3. The molecule has 9 heteroatoms. The normalized spacial score (nSPS) is 19.1. The monoisotopic (exact) mass is 446 g/mol. The van der Waals surface area contributed by atoms with Crippen LogP contribution in [0.5, 0.6) is 0 Å². The van der Waals surface area contributed by atoms with Crippen molar-refractivity contribution in [3.63, 3.8) is 0 Å². The Morgan fingerprint density at radius 1 is 1.12 bits per heavy atom. The Hall–Kier alpha value is -3.75. The summed E-state index contributed by atoms with van der Waals surface area (Å²) in [6.07, 6.45) is 9.23. The SMILES string of the molecule is O=C(NCCCn1ccnc1)c1cn2c(nc1=O)[C@]1(CCN(C(=O)c3ccccc3)C1)CC2. The van der Waals surface area contributed by atoms with Crippen LogP contribution in [-0.4, -0.2) is 55.5 Å². The van der Waals surface area contributed by atoms with Crippen molar-refractivity contribution in [2.75, 3.05) is 19.6 Å². The molecule has 5 rings (SSSR count). The first-order chi connectivity index (χ1) is 16.1. The number of hydrogen-bond donors (Lipinski definition) is 1. The zero-order valence-corrected chi connectivity index (χ0v) is 18.3. The largest absolute Gasteiger partial charge is 0.352 e. The van der Waals surface area contributed by atoms with Gasteiger partial charge in [-0.3, -0.25) is 14.4 Å². The third-order valence-corrected chi connectivity index (χ3v) is 6.64. The molecule has 1 N–H and O–H groups in total. The van der Waals surface area contributed by atoms with Crippen LogP contribution in [0.1, 0.15) is 45.8 Å². The van der Waals surface area contributed by atoms with Gasteiger partial charge in [0.2, 0.25) is 0 Å². The molecule has 2 aromatic heterocycles. The number of aryl methyl sites for hydroxylation is 2. The van der Waals surface area contributed by atoms with Gasteiger partial charge >= 0.3 is 0 Å². The molecule has 0 aliphatic carbocycles. The number of likely N-dealkylation sites (tertiary alicyclic amines) is 1. The zero-order valence-electron chi connectivity index (χ0n) is 18.3. The number of nitrogens with zero attached hydrogens (tertiary/aromatic N) is 5. The van der Waals surface area contributed by atoms with E-state index in [1.165, 1.54) is 0 Å². The van der Waals surface area contributed by atoms with Crippen LogP contribution < -0.4 is 10.9 Å². The number of nitrogens with one attached hydrogen (secondary N) is 1. The van der Waals surface area contributed by atoms with Crippen molar-refractivity contribution in [2.45, 2.75) is 37.8 Å². The molecule has 1 aromatic carbocycles. The van der Waals surface area contributed by atoms with E-state index >= 15 is 0 Å². The molecule has 1 saturated heterocycles. The lowest BCUT2D eigenvalue weighted by molar-refractivity contribution is 0.0783. The van der Waals surface area contributed by atoms with E-state index in [1.54, 1.807) is 18.7 Å². The standard InChI is InChI=1S/C24H26N6O3/c31-20(26-9-4-11-28-14-10-25-17-28)19-15-29-12-7-24(23(29)27-21(19)32)8-13-30(16-24)22(33)18-5-2-1-3-6-18/h1-3,5-6,10,14-15,17H,4,7-9,11-13,16H2,(H,26,31)/t24-/m0/s1. The third-order valence-electron chi connectivity index (χ3n) is 6.64. The first-order valence-electron chi connectivity index (χ1n) is 11.3. The Labute approximate surface area is 191 Å². The number of aromatic nitrogens is 4. The maximum atomic E-state index is 12.9. The van der Waals surface area contributed by atoms with Gasteiger partial charge < -0.3 is 19.4 Å². The molecule has 3 aromatic rings. The van der Waals surface area contributed by atoms with Crippen LogP contribution in [0, 0.1) is 0 Å². The highest BCUT2D eigenvalue weighted by molar-refractivity contribution is 5.94. The summed E-state index contributed by atoms with van der Waals surface area (Å²) in [5, 5.41) is 2.82. The average molecular weight is 447 g/mol. The summed E-state index contributed by atoms with van der Waals surface area (Å²) >= 11 is 0. The lowest BCUT2D eigenvalue weighted by atomic mass is 9.85. The third kappa shape index (κ3) is 4.06. The summed E-state index contributed by atoms with van der Waals surface area (Å²) in [6.45, 7) is 3.04. The fraction of sp³-hybridized carbons (Fsp3) is 0.375. The lowest BCUT2D eigenvalue weighted by Gasteiger charge is -2.23. The molecule has 2 amide bonds. The van der Waals surface area contributed by atoms with Crippen molar-refractivity contribution in [3.05, 3.63) is 82.6 Å². The molecule has 0 bridgehead atoms. The molecule has 170 valence electrons. The smallest absolute Gasteiger partial charge is 0.285 e. The Kier molecular flexibility index (Phi) is 5.53. The Bertz CT molecular complexity index is 1220. The lowest BCUT2D eigenvalue weighted by Crippen LogP contribution is -2.36. The number of fused-ring (bicyclic) bond motifs is 2. The molecule has 9 nitrogen and oxygen atoms in total. The summed E-state index contributed by atoms with van der Waals surface area (Å²) < 4.78 is 3.85. The van der Waals surface area contributed by atoms with E-state index in [1.807, 2.05) is 50.6 Å². The number of carbonyl (C=O) groups excluding carboxylic acids is 2. The van der Waals surface area contributed by atoms with Gasteiger partial charge in [-0.2, -0.15) is 4.98 Å². The van der Waals surface area contributed by atoms with E-state index < -0.39 is 11.5 Å². The second-order valence-corrected chi connectivity index (χ2v) is 8.76. The highest BCUT2D eigenvalue weighted by Crippen LogP contribution is 2.41. The second kappa shape index (κ2) is 8.65. The molecule has 0 unspecified atom stereocenters. The van der Waals surface area contributed by atoms with Crippen molar-refractivity contribution < 1.29 is 9.59 Å². The maximum Gasteiger partial charge on any atom is 0.285 e. The number of rotatable bonds is 6. The van der Waals surface area contributed by atoms with Crippen molar-refractivity contribution >= 4 is 11.8 Å². The van der Waals surface area contributed by atoms with Gasteiger partial charge in [-0.25, -0.2) is 4.98 Å². The van der Waals surface area contributed by atoms with Gasteiger partial charge in [0, 0.05) is 62.3 Å². The van der Waals surface area contributed by atoms with Crippen molar-refractivity contribution in [2.24, 2.45) is 0 Å². The zero-order chi connectivity index (χ0) is 22.8. The van der Waals surface area contributed by atoms with Gasteiger partial charge in [0.05, 0.1) is 6.33 Å². The summed E-state index contributed by atoms with van der Waals surface area (Å²) in [7, 11) is 0. The Balaban J connectivity index is 1.26. The molecule has 2 aliphatic rings. The molecule has 33 heavy (non-hydrogen) atoms. The molecular formula is C24H26N6O3. The van der Waals surface area contributed by atoms with Gasteiger partial charge in [-0.15, -0.1) is 0 Å². The van der Waals surface area contributed by atoms with Crippen LogP contribution in [-0.2, 0) is 18.5 Å². The summed E-state index contributed by atoms with van der Waals surface area (Å²) in [6, 6.07) is 9.24. The van der Waals surface area contributed by atoms with Crippen LogP contribution in [0.4, 0.5) is 0 Å². The fourth-order valence-electron chi connectivity index (χ4n) is 4.86. The minimum absolute atomic E-state index is 0.0000345. The quantitative estimate of drug-likeness (QED) is 0.578. The van der Waals surface area contributed by atoms with E-state index in [4.69, 9.17) is 0 Å². The van der Waals surface area contributed by atoms with E-state index in [0.717, 1.165) is 25.8 Å². The Morgan fingerprint density at radius 3 is 2.73 bits per heavy atom. The van der Waals surface area contributed by atoms with Crippen LogP contribution in [0.15, 0.2) is 60.0 Å². The highest BCUT2D eigenvalue weighted by Gasteiger charge is 2.47. The first kappa shape index (κ1) is 21.1. The van der Waals surface area contributed by atoms with E-state index in [0.29, 0.717) is 37.6 Å². The molecule has 0 radical (unpaired) electrons. The minimum Gasteiger partial charge on any atom is -0.352 e. The van der Waals surface area contributed by atoms with E-state index in [9.17, 15) is 14.4 Å². The molecular weight excluding hydrogens is 420 g/mol. The van der Waals surface area contributed by atoms with Gasteiger partial charge in [0.25, 0.3) is 17.4 Å². The summed E-state index contributed by atoms with van der Waals surface area (Å²) in [4.78, 5) is 48.4.